The quantitative estimate of drug-likeness (QED) is 0.832. The van der Waals surface area contributed by atoms with Crippen molar-refractivity contribution in [2.75, 3.05) is 27.2 Å². The third-order valence-corrected chi connectivity index (χ3v) is 3.48. The van der Waals surface area contributed by atoms with Gasteiger partial charge in [-0.1, -0.05) is 13.0 Å². The van der Waals surface area contributed by atoms with Gasteiger partial charge in [-0.15, -0.1) is 12.4 Å². The number of Topliss-reactive ketones (excluding diaryl/α,β-unsaturated/α-hetero) is 1. The molecule has 1 aliphatic carbocycles. The van der Waals surface area contributed by atoms with Gasteiger partial charge < -0.3 is 9.64 Å². The number of carbonyl (C=O) groups excluding carboxylic acids is 1. The van der Waals surface area contributed by atoms with Crippen molar-refractivity contribution in [3.05, 3.63) is 29.3 Å². The zero-order valence-electron chi connectivity index (χ0n) is 11.8. The molecule has 3 nitrogen and oxygen atoms in total. The average Bonchev–Trinajstić information content (AvgIpc) is 2.66. The number of likely N-dealkylation sites (N-methyl/N-ethyl adjacent to an activating group) is 1. The molecule has 0 aromatic heterocycles. The van der Waals surface area contributed by atoms with Gasteiger partial charge in [-0.05, 0) is 44.6 Å². The van der Waals surface area contributed by atoms with E-state index in [0.29, 0.717) is 6.61 Å². The van der Waals surface area contributed by atoms with Gasteiger partial charge in [0, 0.05) is 18.0 Å². The van der Waals surface area contributed by atoms with Crippen LogP contribution in [0.15, 0.2) is 18.2 Å². The summed E-state index contributed by atoms with van der Waals surface area (Å²) in [5.41, 5.74) is 2.04. The van der Waals surface area contributed by atoms with Gasteiger partial charge in [-0.3, -0.25) is 4.79 Å². The molecular weight excluding hydrogens is 262 g/mol. The largest absolute Gasteiger partial charge is 0.492 e. The van der Waals surface area contributed by atoms with E-state index in [9.17, 15) is 4.79 Å². The minimum absolute atomic E-state index is 0. The molecule has 0 amide bonds. The van der Waals surface area contributed by atoms with Crippen molar-refractivity contribution in [3.8, 4) is 5.75 Å². The van der Waals surface area contributed by atoms with E-state index in [1.165, 1.54) is 5.56 Å². The Morgan fingerprint density at radius 3 is 2.74 bits per heavy atom. The smallest absolute Gasteiger partial charge is 0.166 e. The highest BCUT2D eigenvalue weighted by atomic mass is 35.5. The first-order chi connectivity index (χ1) is 8.61. The van der Waals surface area contributed by atoms with E-state index >= 15 is 0 Å². The summed E-state index contributed by atoms with van der Waals surface area (Å²) in [5.74, 6) is 1.27. The standard InChI is InChI=1S/C15H21NO2.ClH/c1-4-11-9-12-5-6-13(10-14(12)15(11)17)18-8-7-16(2)3;/h5-6,10-11H,4,7-9H2,1-3H3;1H. The SMILES string of the molecule is CCC1Cc2ccc(OCCN(C)C)cc2C1=O.Cl. The van der Waals surface area contributed by atoms with Crippen molar-refractivity contribution >= 4 is 18.2 Å². The van der Waals surface area contributed by atoms with Crippen LogP contribution in [0.2, 0.25) is 0 Å². The van der Waals surface area contributed by atoms with Gasteiger partial charge in [0.05, 0.1) is 0 Å². The van der Waals surface area contributed by atoms with E-state index in [4.69, 9.17) is 4.74 Å². The van der Waals surface area contributed by atoms with E-state index in [1.54, 1.807) is 0 Å². The summed E-state index contributed by atoms with van der Waals surface area (Å²) in [6.07, 6.45) is 1.81. The number of rotatable bonds is 5. The lowest BCUT2D eigenvalue weighted by atomic mass is 10.0. The van der Waals surface area contributed by atoms with Crippen molar-refractivity contribution in [1.82, 2.24) is 4.90 Å². The van der Waals surface area contributed by atoms with Crippen molar-refractivity contribution in [2.24, 2.45) is 5.92 Å². The number of nitrogens with zero attached hydrogens (tertiary/aromatic N) is 1. The van der Waals surface area contributed by atoms with Crippen LogP contribution < -0.4 is 4.74 Å². The van der Waals surface area contributed by atoms with E-state index in [-0.39, 0.29) is 24.1 Å². The Labute approximate surface area is 121 Å². The summed E-state index contributed by atoms with van der Waals surface area (Å²) in [7, 11) is 4.03. The molecule has 0 aliphatic heterocycles. The number of carbonyl (C=O) groups is 1. The number of ether oxygens (including phenoxy) is 1. The predicted octanol–water partition coefficient (Wildman–Crippen LogP) is 2.81. The molecule has 0 saturated heterocycles. The van der Waals surface area contributed by atoms with E-state index in [0.717, 1.165) is 30.7 Å². The number of hydrogen-bond acceptors (Lipinski definition) is 3. The van der Waals surface area contributed by atoms with Crippen molar-refractivity contribution < 1.29 is 9.53 Å². The Morgan fingerprint density at radius 2 is 2.11 bits per heavy atom. The maximum atomic E-state index is 12.1. The minimum atomic E-state index is 0. The van der Waals surface area contributed by atoms with Gasteiger partial charge in [-0.25, -0.2) is 0 Å². The molecule has 4 heteroatoms. The lowest BCUT2D eigenvalue weighted by Crippen LogP contribution is -2.19. The molecule has 0 N–H and O–H groups in total. The van der Waals surface area contributed by atoms with Crippen LogP contribution in [-0.2, 0) is 6.42 Å². The van der Waals surface area contributed by atoms with Crippen LogP contribution in [0.1, 0.15) is 29.3 Å². The molecule has 1 atom stereocenters. The number of halogens is 1. The molecule has 19 heavy (non-hydrogen) atoms. The Morgan fingerprint density at radius 1 is 1.37 bits per heavy atom. The second-order valence-electron chi connectivity index (χ2n) is 5.14. The summed E-state index contributed by atoms with van der Waals surface area (Å²) in [5, 5.41) is 0. The molecule has 0 heterocycles. The van der Waals surface area contributed by atoms with Crippen LogP contribution in [0, 0.1) is 5.92 Å². The lowest BCUT2D eigenvalue weighted by molar-refractivity contribution is 0.0933. The fraction of sp³-hybridized carbons (Fsp3) is 0.533. The summed E-state index contributed by atoms with van der Waals surface area (Å²) >= 11 is 0. The van der Waals surface area contributed by atoms with Crippen LogP contribution in [0.5, 0.6) is 5.75 Å². The first kappa shape index (κ1) is 16.0. The summed E-state index contributed by atoms with van der Waals surface area (Å²) < 4.78 is 5.67. The first-order valence-corrected chi connectivity index (χ1v) is 6.56. The molecule has 1 aromatic rings. The second-order valence-corrected chi connectivity index (χ2v) is 5.14. The first-order valence-electron chi connectivity index (χ1n) is 6.56. The Kier molecular flexibility index (Phi) is 5.83. The summed E-state index contributed by atoms with van der Waals surface area (Å²) in [4.78, 5) is 14.2. The molecule has 1 unspecified atom stereocenters. The number of benzene rings is 1. The molecule has 1 aliphatic rings. The number of ketones is 1. The Balaban J connectivity index is 0.00000180. The maximum absolute atomic E-state index is 12.1. The molecule has 0 spiro atoms. The highest BCUT2D eigenvalue weighted by Gasteiger charge is 2.29. The number of fused-ring (bicyclic) bond motifs is 1. The van der Waals surface area contributed by atoms with Gasteiger partial charge in [0.1, 0.15) is 12.4 Å². The highest BCUT2D eigenvalue weighted by Crippen LogP contribution is 2.31. The fourth-order valence-corrected chi connectivity index (χ4v) is 2.31. The average molecular weight is 284 g/mol. The van der Waals surface area contributed by atoms with Crippen molar-refractivity contribution in [3.63, 3.8) is 0 Å². The third-order valence-electron chi connectivity index (χ3n) is 3.48. The van der Waals surface area contributed by atoms with Crippen LogP contribution >= 0.6 is 12.4 Å². The van der Waals surface area contributed by atoms with Crippen molar-refractivity contribution in [1.29, 1.82) is 0 Å². The van der Waals surface area contributed by atoms with E-state index in [1.807, 2.05) is 32.3 Å². The predicted molar refractivity (Wildman–Crippen MR) is 79.6 cm³/mol. The molecule has 0 bridgehead atoms. The third kappa shape index (κ3) is 3.71. The lowest BCUT2D eigenvalue weighted by Gasteiger charge is -2.11. The van der Waals surface area contributed by atoms with Crippen LogP contribution in [0.4, 0.5) is 0 Å². The van der Waals surface area contributed by atoms with Gasteiger partial charge in [-0.2, -0.15) is 0 Å². The molecule has 2 rings (SSSR count). The molecule has 0 fully saturated rings. The topological polar surface area (TPSA) is 29.5 Å². The monoisotopic (exact) mass is 283 g/mol. The molecule has 0 radical (unpaired) electrons. The second kappa shape index (κ2) is 6.92. The molecular formula is C15H22ClNO2. The van der Waals surface area contributed by atoms with Crippen LogP contribution in [0.3, 0.4) is 0 Å². The van der Waals surface area contributed by atoms with Gasteiger partial charge >= 0.3 is 0 Å². The summed E-state index contributed by atoms with van der Waals surface area (Å²) in [6, 6.07) is 5.91. The number of hydrogen-bond donors (Lipinski definition) is 0. The van der Waals surface area contributed by atoms with Gasteiger partial charge in [0.15, 0.2) is 5.78 Å². The molecule has 106 valence electrons. The molecule has 0 saturated carbocycles. The zero-order chi connectivity index (χ0) is 13.1. The van der Waals surface area contributed by atoms with Crippen LogP contribution in [-0.4, -0.2) is 37.9 Å². The van der Waals surface area contributed by atoms with E-state index in [2.05, 4.69) is 11.8 Å². The van der Waals surface area contributed by atoms with Crippen LogP contribution in [0.25, 0.3) is 0 Å². The molecule has 1 aromatic carbocycles. The van der Waals surface area contributed by atoms with Crippen molar-refractivity contribution in [2.45, 2.75) is 19.8 Å². The summed E-state index contributed by atoms with van der Waals surface area (Å²) in [6.45, 7) is 3.60. The van der Waals surface area contributed by atoms with Gasteiger partial charge in [0.2, 0.25) is 0 Å². The normalized spacial score (nSPS) is 17.3. The minimum Gasteiger partial charge on any atom is -0.492 e. The van der Waals surface area contributed by atoms with E-state index < -0.39 is 0 Å². The Hall–Kier alpha value is -1.06. The highest BCUT2D eigenvalue weighted by molar-refractivity contribution is 6.02. The zero-order valence-corrected chi connectivity index (χ0v) is 12.6. The maximum Gasteiger partial charge on any atom is 0.166 e. The Bertz CT molecular complexity index is 446. The fourth-order valence-electron chi connectivity index (χ4n) is 2.31. The van der Waals surface area contributed by atoms with Gasteiger partial charge in [0.25, 0.3) is 0 Å².